The minimum absolute atomic E-state index is 0.0424. The van der Waals surface area contributed by atoms with Crippen molar-refractivity contribution in [2.45, 2.75) is 89.1 Å². The summed E-state index contributed by atoms with van der Waals surface area (Å²) in [5, 5.41) is 12.9. The van der Waals surface area contributed by atoms with Crippen LogP contribution in [0.25, 0.3) is 0 Å². The Bertz CT molecular complexity index is 1880. The van der Waals surface area contributed by atoms with Crippen molar-refractivity contribution in [1.82, 2.24) is 19.2 Å². The number of alkyl halides is 2. The molecule has 56 heavy (non-hydrogen) atoms. The lowest BCUT2D eigenvalue weighted by molar-refractivity contribution is -0.148. The molecule has 3 aliphatic heterocycles. The van der Waals surface area contributed by atoms with Crippen LogP contribution in [0.1, 0.15) is 69.1 Å². The summed E-state index contributed by atoms with van der Waals surface area (Å²) in [7, 11) is -2.83. The number of carbonyl (C=O) groups is 2. The molecule has 0 aromatic heterocycles. The van der Waals surface area contributed by atoms with Crippen LogP contribution in [0.3, 0.4) is 0 Å². The highest BCUT2D eigenvalue weighted by Gasteiger charge is 2.45. The molecule has 6 rings (SSSR count). The SMILES string of the molecule is CC(C)NS(=O)(=O)NC(=O)[C@@]1(O)CC(=O)N(C)CC/C=C/[C@H](OCCN2CC(F)(F)C2)[C@@H]2CC[C@H]2CN2CCCCc3cc(Cl)ccc3COc3ccc1cc32. The van der Waals surface area contributed by atoms with Gasteiger partial charge >= 0.3 is 10.2 Å². The van der Waals surface area contributed by atoms with E-state index in [4.69, 9.17) is 21.1 Å². The first kappa shape index (κ1) is 42.3. The number of aliphatic hydroxyl groups is 1. The number of rotatable bonds is 8. The highest BCUT2D eigenvalue weighted by molar-refractivity contribution is 7.88. The number of benzene rings is 2. The number of amides is 2. The van der Waals surface area contributed by atoms with E-state index >= 15 is 0 Å². The van der Waals surface area contributed by atoms with Crippen LogP contribution in [0.4, 0.5) is 14.5 Å². The fourth-order valence-corrected chi connectivity index (χ4v) is 9.26. The lowest BCUT2D eigenvalue weighted by atomic mass is 9.70. The number of carbonyl (C=O) groups excluding carboxylic acids is 2. The Labute approximate surface area is 333 Å². The first-order valence-corrected chi connectivity index (χ1v) is 21.4. The predicted molar refractivity (Wildman–Crippen MR) is 210 cm³/mol. The summed E-state index contributed by atoms with van der Waals surface area (Å²) in [6.07, 6.45) is 7.69. The van der Waals surface area contributed by atoms with Crippen LogP contribution in [0.5, 0.6) is 5.75 Å². The summed E-state index contributed by atoms with van der Waals surface area (Å²) in [6.45, 7) is 5.06. The lowest BCUT2D eigenvalue weighted by Crippen LogP contribution is -2.57. The van der Waals surface area contributed by atoms with Crippen LogP contribution in [-0.4, -0.2) is 106 Å². The quantitative estimate of drug-likeness (QED) is 0.321. The largest absolute Gasteiger partial charge is 0.487 e. The third-order valence-corrected chi connectivity index (χ3v) is 12.7. The molecule has 0 radical (unpaired) electrons. The van der Waals surface area contributed by atoms with Gasteiger partial charge in [0, 0.05) is 44.3 Å². The molecule has 1 aliphatic carbocycles. The van der Waals surface area contributed by atoms with Gasteiger partial charge in [-0.15, -0.1) is 0 Å². The highest BCUT2D eigenvalue weighted by atomic mass is 35.5. The van der Waals surface area contributed by atoms with E-state index < -0.39 is 46.0 Å². The highest BCUT2D eigenvalue weighted by Crippen LogP contribution is 2.43. The molecule has 2 aromatic carbocycles. The molecule has 2 aromatic rings. The van der Waals surface area contributed by atoms with Crippen LogP contribution < -0.4 is 19.1 Å². The molecule has 3 heterocycles. The molecule has 4 aliphatic rings. The van der Waals surface area contributed by atoms with Crippen molar-refractivity contribution >= 4 is 39.3 Å². The van der Waals surface area contributed by atoms with Crippen molar-refractivity contribution in [3.05, 3.63) is 70.3 Å². The van der Waals surface area contributed by atoms with Gasteiger partial charge in [-0.1, -0.05) is 35.9 Å². The number of hydrogen-bond donors (Lipinski definition) is 3. The van der Waals surface area contributed by atoms with E-state index in [9.17, 15) is 31.9 Å². The van der Waals surface area contributed by atoms with Crippen LogP contribution in [0.15, 0.2) is 48.6 Å². The van der Waals surface area contributed by atoms with Gasteiger partial charge in [0.05, 0.1) is 37.9 Å². The van der Waals surface area contributed by atoms with Crippen LogP contribution in [0.2, 0.25) is 5.02 Å². The number of hydrogen-bond acceptors (Lipinski definition) is 9. The second-order valence-corrected chi connectivity index (χ2v) is 17.9. The zero-order chi connectivity index (χ0) is 40.3. The normalized spacial score (nSPS) is 26.8. The second kappa shape index (κ2) is 17.7. The number of aryl methyl sites for hydroxylation is 1. The summed E-state index contributed by atoms with van der Waals surface area (Å²) >= 11 is 6.38. The maximum absolute atomic E-state index is 14.0. The Kier molecular flexibility index (Phi) is 13.3. The molecule has 12 nitrogen and oxygen atoms in total. The smallest absolute Gasteiger partial charge is 0.301 e. The third-order valence-electron chi connectivity index (χ3n) is 11.2. The van der Waals surface area contributed by atoms with Crippen LogP contribution >= 0.6 is 11.6 Å². The van der Waals surface area contributed by atoms with Gasteiger partial charge < -0.3 is 24.4 Å². The summed E-state index contributed by atoms with van der Waals surface area (Å²) in [5.74, 6) is -3.67. The predicted octanol–water partition coefficient (Wildman–Crippen LogP) is 4.78. The number of nitrogens with zero attached hydrogens (tertiary/aromatic N) is 3. The number of fused-ring (bicyclic) bond motifs is 3. The summed E-state index contributed by atoms with van der Waals surface area (Å²) in [5.41, 5.74) is 0.138. The molecular weight excluding hydrogens is 768 g/mol. The van der Waals surface area contributed by atoms with Crippen molar-refractivity contribution in [2.24, 2.45) is 11.8 Å². The van der Waals surface area contributed by atoms with Gasteiger partial charge in [-0.3, -0.25) is 14.5 Å². The Morgan fingerprint density at radius 2 is 1.89 bits per heavy atom. The van der Waals surface area contributed by atoms with E-state index in [1.807, 2.05) is 35.1 Å². The molecule has 3 N–H and O–H groups in total. The molecule has 1 saturated carbocycles. The Morgan fingerprint density at radius 1 is 1.11 bits per heavy atom. The maximum Gasteiger partial charge on any atom is 0.301 e. The minimum Gasteiger partial charge on any atom is -0.487 e. The fraction of sp³-hybridized carbons (Fsp3) is 0.600. The molecular formula is C40H54ClF2N5O7S. The van der Waals surface area contributed by atoms with Crippen molar-refractivity contribution < 1.29 is 41.4 Å². The average Bonchev–Trinajstić information content (AvgIpc) is 3.12. The monoisotopic (exact) mass is 821 g/mol. The standard InChI is InChI=1S/C40H54ClF2N5O7S/c1-27(2)44-56(52,53)45-38(50)40(51)22-37(49)46(3)16-6-5-9-35(54-19-18-47-25-39(42,43)26-47)33-14-11-29(33)23-48-17-7-4-8-28-20-32(41)13-10-30(28)24-55-36-15-12-31(40)21-34(36)48/h5,9-10,12-13,15,20-21,27,29,33,35,44,51H,4,6-8,11,14,16-19,22-26H2,1-3H3,(H,45,50)/b9-5+/t29-,33+,35-,40+/m0/s1. The first-order chi connectivity index (χ1) is 26.5. The number of nitrogens with one attached hydrogen (secondary N) is 2. The van der Waals surface area contributed by atoms with Crippen molar-refractivity contribution in [3.63, 3.8) is 0 Å². The van der Waals surface area contributed by atoms with E-state index in [1.165, 1.54) is 11.0 Å². The number of halogens is 3. The van der Waals surface area contributed by atoms with Crippen molar-refractivity contribution in [1.29, 1.82) is 0 Å². The fourth-order valence-electron chi connectivity index (χ4n) is 7.98. The molecule has 1 saturated heterocycles. The van der Waals surface area contributed by atoms with Gasteiger partial charge in [0.15, 0.2) is 5.60 Å². The van der Waals surface area contributed by atoms with Crippen molar-refractivity contribution in [2.75, 3.05) is 57.8 Å². The van der Waals surface area contributed by atoms with Gasteiger partial charge in [0.25, 0.3) is 11.8 Å². The summed E-state index contributed by atoms with van der Waals surface area (Å²) < 4.78 is 70.0. The molecule has 0 spiro atoms. The molecule has 2 bridgehead atoms. The van der Waals surface area contributed by atoms with E-state index in [2.05, 4.69) is 9.62 Å². The molecule has 0 unspecified atom stereocenters. The molecule has 308 valence electrons. The molecule has 16 heteroatoms. The van der Waals surface area contributed by atoms with Gasteiger partial charge in [-0.05, 0) is 105 Å². The number of ether oxygens (including phenoxy) is 2. The average molecular weight is 822 g/mol. The summed E-state index contributed by atoms with van der Waals surface area (Å²) in [6, 6.07) is 10.00. The molecule has 2 amide bonds. The Balaban J connectivity index is 1.37. The van der Waals surface area contributed by atoms with Gasteiger partial charge in [0.2, 0.25) is 5.91 Å². The van der Waals surface area contributed by atoms with Crippen molar-refractivity contribution in [3.8, 4) is 5.75 Å². The summed E-state index contributed by atoms with van der Waals surface area (Å²) in [4.78, 5) is 33.0. The lowest BCUT2D eigenvalue weighted by Gasteiger charge is -2.44. The van der Waals surface area contributed by atoms with Gasteiger partial charge in [-0.25, -0.2) is 13.5 Å². The van der Waals surface area contributed by atoms with Crippen LogP contribution in [0, 0.1) is 11.8 Å². The van der Waals surface area contributed by atoms with E-state index in [0.29, 0.717) is 49.1 Å². The minimum atomic E-state index is -4.39. The zero-order valence-corrected chi connectivity index (χ0v) is 33.9. The van der Waals surface area contributed by atoms with E-state index in [0.717, 1.165) is 43.2 Å². The third kappa shape index (κ3) is 10.4. The first-order valence-electron chi connectivity index (χ1n) is 19.5. The number of anilines is 1. The van der Waals surface area contributed by atoms with Gasteiger partial charge in [-0.2, -0.15) is 13.1 Å². The Morgan fingerprint density at radius 3 is 2.61 bits per heavy atom. The molecule has 2 fully saturated rings. The topological polar surface area (TPSA) is 141 Å². The zero-order valence-electron chi connectivity index (χ0n) is 32.3. The maximum atomic E-state index is 14.0. The molecule has 4 atom stereocenters. The Hall–Kier alpha value is -3.34. The van der Waals surface area contributed by atoms with Gasteiger partial charge in [0.1, 0.15) is 12.4 Å². The second-order valence-electron chi connectivity index (χ2n) is 16.0. The van der Waals surface area contributed by atoms with E-state index in [-0.39, 0.29) is 49.7 Å². The van der Waals surface area contributed by atoms with Crippen LogP contribution in [-0.2, 0) is 43.2 Å². The van der Waals surface area contributed by atoms with E-state index in [1.54, 1.807) is 37.9 Å². The number of likely N-dealkylation sites (tertiary alicyclic amines) is 1.